The minimum absolute atomic E-state index is 0.00637. The van der Waals surface area contributed by atoms with E-state index >= 15 is 0 Å². The van der Waals surface area contributed by atoms with E-state index in [-0.39, 0.29) is 29.3 Å². The Morgan fingerprint density at radius 2 is 2.07 bits per heavy atom. The van der Waals surface area contributed by atoms with Crippen molar-refractivity contribution in [2.24, 2.45) is 17.8 Å². The third kappa shape index (κ3) is 0.784. The Morgan fingerprint density at radius 3 is 2.71 bits per heavy atom. The summed E-state index contributed by atoms with van der Waals surface area (Å²) in [5.74, 6) is -0.164. The van der Waals surface area contributed by atoms with Gasteiger partial charge >= 0.3 is 0 Å². The Kier molecular flexibility index (Phi) is 1.60. The fourth-order valence-corrected chi connectivity index (χ4v) is 4.04. The molecule has 4 atom stereocenters. The van der Waals surface area contributed by atoms with Crippen LogP contribution in [0, 0.1) is 17.8 Å². The molecule has 0 unspecified atom stereocenters. The first-order valence-corrected chi connectivity index (χ1v) is 5.98. The van der Waals surface area contributed by atoms with Crippen molar-refractivity contribution in [1.82, 2.24) is 0 Å². The molecule has 0 amide bonds. The maximum absolute atomic E-state index is 11.8. The van der Waals surface area contributed by atoms with E-state index in [0.29, 0.717) is 4.48 Å². The molecule has 1 fully saturated rings. The maximum atomic E-state index is 11.8. The average molecular weight is 318 g/mol. The second kappa shape index (κ2) is 2.47. The molecule has 4 heteroatoms. The monoisotopic (exact) mass is 316 g/mol. The van der Waals surface area contributed by atoms with Gasteiger partial charge in [-0.1, -0.05) is 34.2 Å². The van der Waals surface area contributed by atoms with Gasteiger partial charge in [0, 0.05) is 17.8 Å². The number of carbonyl (C=O) groups is 2. The first-order chi connectivity index (χ1) is 6.55. The highest BCUT2D eigenvalue weighted by atomic mass is 79.9. The van der Waals surface area contributed by atoms with Crippen LogP contribution in [0.4, 0.5) is 0 Å². The van der Waals surface area contributed by atoms with Gasteiger partial charge in [0.25, 0.3) is 0 Å². The zero-order chi connectivity index (χ0) is 10.1. The van der Waals surface area contributed by atoms with Gasteiger partial charge in [0.1, 0.15) is 4.32 Å². The molecular weight excluding hydrogens is 312 g/mol. The molecule has 0 heterocycles. The standard InChI is InChI=1S/C10H6Br2O2/c11-6-3-5-7(8(6)13)4-1-2-10(5,12)9(4)14/h1-5,7H/t4-,5-,7+,10-/m0/s1. The van der Waals surface area contributed by atoms with Crippen molar-refractivity contribution < 1.29 is 9.59 Å². The Labute approximate surface area is 97.7 Å². The smallest absolute Gasteiger partial charge is 0.174 e. The van der Waals surface area contributed by atoms with Crippen molar-refractivity contribution in [2.75, 3.05) is 0 Å². The van der Waals surface area contributed by atoms with Crippen LogP contribution in [0.15, 0.2) is 22.7 Å². The molecule has 1 saturated carbocycles. The Hall–Kier alpha value is -0.220. The fourth-order valence-electron chi connectivity index (χ4n) is 2.66. The van der Waals surface area contributed by atoms with E-state index in [9.17, 15) is 9.59 Å². The molecule has 3 aliphatic carbocycles. The summed E-state index contributed by atoms with van der Waals surface area (Å²) in [4.78, 5) is 23.6. The van der Waals surface area contributed by atoms with Crippen molar-refractivity contribution in [3.8, 4) is 0 Å². The van der Waals surface area contributed by atoms with Gasteiger partial charge in [0.15, 0.2) is 11.6 Å². The van der Waals surface area contributed by atoms with Crippen LogP contribution < -0.4 is 0 Å². The normalized spacial score (nSPS) is 48.7. The molecule has 2 nitrogen and oxygen atoms in total. The summed E-state index contributed by atoms with van der Waals surface area (Å²) in [5, 5.41) is 0. The van der Waals surface area contributed by atoms with E-state index in [0.717, 1.165) is 0 Å². The molecule has 0 aromatic heterocycles. The van der Waals surface area contributed by atoms with Crippen LogP contribution in [0.25, 0.3) is 0 Å². The van der Waals surface area contributed by atoms with Gasteiger partial charge in [0.05, 0.1) is 4.48 Å². The van der Waals surface area contributed by atoms with Crippen molar-refractivity contribution in [2.45, 2.75) is 4.32 Å². The highest BCUT2D eigenvalue weighted by molar-refractivity contribution is 9.12. The lowest BCUT2D eigenvalue weighted by molar-refractivity contribution is -0.124. The fraction of sp³-hybridized carbons (Fsp3) is 0.400. The summed E-state index contributed by atoms with van der Waals surface area (Å²) >= 11 is 6.70. The molecule has 0 aromatic rings. The van der Waals surface area contributed by atoms with Crippen LogP contribution in [0.5, 0.6) is 0 Å². The zero-order valence-corrected chi connectivity index (χ0v) is 10.2. The summed E-state index contributed by atoms with van der Waals surface area (Å²) < 4.78 is 0.0191. The molecular formula is C10H6Br2O2. The summed E-state index contributed by atoms with van der Waals surface area (Å²) in [7, 11) is 0. The van der Waals surface area contributed by atoms with Crippen molar-refractivity contribution in [1.29, 1.82) is 0 Å². The first kappa shape index (κ1) is 9.04. The van der Waals surface area contributed by atoms with Gasteiger partial charge in [-0.05, 0) is 15.9 Å². The van der Waals surface area contributed by atoms with Gasteiger partial charge in [-0.15, -0.1) is 0 Å². The van der Waals surface area contributed by atoms with E-state index in [1.165, 1.54) is 0 Å². The number of hydrogen-bond acceptors (Lipinski definition) is 2. The Balaban J connectivity index is 2.18. The molecule has 14 heavy (non-hydrogen) atoms. The molecule has 0 saturated heterocycles. The lowest BCUT2D eigenvalue weighted by Crippen LogP contribution is -2.29. The number of alkyl halides is 1. The Morgan fingerprint density at radius 1 is 1.36 bits per heavy atom. The lowest BCUT2D eigenvalue weighted by atomic mass is 9.85. The van der Waals surface area contributed by atoms with Crippen molar-refractivity contribution >= 4 is 43.4 Å². The van der Waals surface area contributed by atoms with E-state index in [2.05, 4.69) is 31.9 Å². The van der Waals surface area contributed by atoms with Crippen LogP contribution in [-0.4, -0.2) is 15.9 Å². The summed E-state index contributed by atoms with van der Waals surface area (Å²) in [5.41, 5.74) is 0. The zero-order valence-electron chi connectivity index (χ0n) is 7.04. The van der Waals surface area contributed by atoms with Crippen LogP contribution >= 0.6 is 31.9 Å². The highest BCUT2D eigenvalue weighted by Gasteiger charge is 2.63. The molecule has 3 aliphatic rings. The SMILES string of the molecule is O=C1C(Br)=C[C@H]2[C@H]1[C@@H]1C=C[C@@]2(Br)C1=O. The van der Waals surface area contributed by atoms with Gasteiger partial charge in [-0.25, -0.2) is 0 Å². The van der Waals surface area contributed by atoms with E-state index < -0.39 is 4.32 Å². The van der Waals surface area contributed by atoms with Crippen molar-refractivity contribution in [3.63, 3.8) is 0 Å². The van der Waals surface area contributed by atoms with Crippen LogP contribution in [0.2, 0.25) is 0 Å². The molecule has 0 N–H and O–H groups in total. The predicted octanol–water partition coefficient (Wildman–Crippen LogP) is 1.98. The number of allylic oxidation sites excluding steroid dienone is 4. The number of hydrogen-bond donors (Lipinski definition) is 0. The molecule has 3 rings (SSSR count). The minimum Gasteiger partial charge on any atom is -0.297 e. The highest BCUT2D eigenvalue weighted by Crippen LogP contribution is 2.57. The molecule has 0 aliphatic heterocycles. The maximum Gasteiger partial charge on any atom is 0.174 e. The van der Waals surface area contributed by atoms with E-state index in [4.69, 9.17) is 0 Å². The van der Waals surface area contributed by atoms with Gasteiger partial charge < -0.3 is 0 Å². The van der Waals surface area contributed by atoms with Gasteiger partial charge in [-0.3, -0.25) is 9.59 Å². The molecule has 2 bridgehead atoms. The first-order valence-electron chi connectivity index (χ1n) is 4.40. The van der Waals surface area contributed by atoms with Gasteiger partial charge in [-0.2, -0.15) is 0 Å². The van der Waals surface area contributed by atoms with E-state index in [1.807, 2.05) is 18.2 Å². The Bertz CT molecular complexity index is 424. The van der Waals surface area contributed by atoms with Crippen LogP contribution in [0.1, 0.15) is 0 Å². The van der Waals surface area contributed by atoms with E-state index in [1.54, 1.807) is 0 Å². The molecule has 72 valence electrons. The van der Waals surface area contributed by atoms with Crippen molar-refractivity contribution in [3.05, 3.63) is 22.7 Å². The number of rotatable bonds is 0. The number of carbonyl (C=O) groups excluding carboxylic acids is 2. The summed E-state index contributed by atoms with van der Waals surface area (Å²) in [6, 6.07) is 0. The number of halogens is 2. The summed E-state index contributed by atoms with van der Waals surface area (Å²) in [6.45, 7) is 0. The molecule has 0 radical (unpaired) electrons. The molecule has 0 spiro atoms. The predicted molar refractivity (Wildman–Crippen MR) is 58.3 cm³/mol. The number of fused-ring (bicyclic) bond motifs is 5. The average Bonchev–Trinajstić information content (AvgIpc) is 2.65. The van der Waals surface area contributed by atoms with Gasteiger partial charge in [0.2, 0.25) is 0 Å². The lowest BCUT2D eigenvalue weighted by Gasteiger charge is -2.22. The van der Waals surface area contributed by atoms with Crippen LogP contribution in [0.3, 0.4) is 0 Å². The minimum atomic E-state index is -0.604. The number of ketones is 2. The quantitative estimate of drug-likeness (QED) is 0.506. The largest absolute Gasteiger partial charge is 0.297 e. The second-order valence-electron chi connectivity index (χ2n) is 3.95. The summed E-state index contributed by atoms with van der Waals surface area (Å²) in [6.07, 6.45) is 5.61. The third-order valence-corrected chi connectivity index (χ3v) is 5.19. The van der Waals surface area contributed by atoms with Crippen LogP contribution in [-0.2, 0) is 9.59 Å². The number of Topliss-reactive ketones (excluding diaryl/α,β-unsaturated/α-hetero) is 2. The topological polar surface area (TPSA) is 34.1 Å². The second-order valence-corrected chi connectivity index (χ2v) is 6.11. The third-order valence-electron chi connectivity index (χ3n) is 3.35. The molecule has 0 aromatic carbocycles.